The average Bonchev–Trinajstić information content (AvgIpc) is 3.52. The molecule has 0 atom stereocenters. The van der Waals surface area contributed by atoms with E-state index in [1.807, 2.05) is 0 Å². The minimum absolute atomic E-state index is 0.538. The van der Waals surface area contributed by atoms with Gasteiger partial charge in [-0.25, -0.2) is 0 Å². The lowest BCUT2D eigenvalue weighted by atomic mass is 9.67. The molecule has 0 aromatic heterocycles. The molecule has 0 heterocycles. The average molecular weight is 647 g/mol. The zero-order valence-corrected chi connectivity index (χ0v) is 28.1. The third kappa shape index (κ3) is 4.54. The summed E-state index contributed by atoms with van der Waals surface area (Å²) in [7, 11) is 0. The summed E-state index contributed by atoms with van der Waals surface area (Å²) in [5.74, 6) is 0. The highest BCUT2D eigenvalue weighted by Crippen LogP contribution is 2.59. The Bertz CT molecular complexity index is 2680. The maximum absolute atomic E-state index is 2.52. The van der Waals surface area contributed by atoms with E-state index in [0.29, 0.717) is 0 Å². The van der Waals surface area contributed by atoms with Gasteiger partial charge in [-0.1, -0.05) is 188 Å². The molecular weight excluding hydrogens is 613 g/mol. The van der Waals surface area contributed by atoms with Crippen molar-refractivity contribution >= 4 is 21.5 Å². The summed E-state index contributed by atoms with van der Waals surface area (Å²) in [6.07, 6.45) is 0. The van der Waals surface area contributed by atoms with Crippen molar-refractivity contribution in [2.75, 3.05) is 0 Å². The lowest BCUT2D eigenvalue weighted by molar-refractivity contribution is 0.769. The van der Waals surface area contributed by atoms with Crippen molar-refractivity contribution in [2.45, 2.75) is 5.41 Å². The van der Waals surface area contributed by atoms with Crippen LogP contribution in [-0.4, -0.2) is 0 Å². The molecule has 0 amide bonds. The second kappa shape index (κ2) is 11.8. The minimum Gasteiger partial charge on any atom is -0.0622 e. The van der Waals surface area contributed by atoms with E-state index in [4.69, 9.17) is 0 Å². The molecule has 0 saturated carbocycles. The zero-order chi connectivity index (χ0) is 33.8. The smallest absolute Gasteiger partial charge is 0.0622 e. The van der Waals surface area contributed by atoms with Crippen LogP contribution in [0.3, 0.4) is 0 Å². The molecule has 0 fully saturated rings. The van der Waals surface area contributed by atoms with Gasteiger partial charge in [-0.15, -0.1) is 0 Å². The molecular formula is C51H34. The highest BCUT2D eigenvalue weighted by molar-refractivity contribution is 6.13. The summed E-state index contributed by atoms with van der Waals surface area (Å²) in [6, 6.07) is 76.2. The first-order chi connectivity index (χ1) is 25.3. The van der Waals surface area contributed by atoms with Crippen LogP contribution in [0.1, 0.15) is 22.3 Å². The van der Waals surface area contributed by atoms with Gasteiger partial charge in [0.05, 0.1) is 5.41 Å². The van der Waals surface area contributed by atoms with Gasteiger partial charge >= 0.3 is 0 Å². The van der Waals surface area contributed by atoms with E-state index in [-0.39, 0.29) is 0 Å². The Morgan fingerprint density at radius 2 is 0.804 bits per heavy atom. The molecule has 0 saturated heterocycles. The fourth-order valence-corrected chi connectivity index (χ4v) is 8.72. The Morgan fingerprint density at radius 3 is 1.53 bits per heavy atom. The van der Waals surface area contributed by atoms with Crippen molar-refractivity contribution in [3.05, 3.63) is 229 Å². The molecule has 0 bridgehead atoms. The fraction of sp³-hybridized carbons (Fsp3) is 0.0196. The van der Waals surface area contributed by atoms with Crippen molar-refractivity contribution in [1.82, 2.24) is 0 Å². The second-order valence-corrected chi connectivity index (χ2v) is 13.6. The molecule has 1 aliphatic carbocycles. The molecule has 0 radical (unpaired) electrons. The summed E-state index contributed by atoms with van der Waals surface area (Å²) < 4.78 is 0. The van der Waals surface area contributed by atoms with Crippen molar-refractivity contribution in [3.8, 4) is 44.5 Å². The predicted octanol–water partition coefficient (Wildman–Crippen LogP) is 13.4. The van der Waals surface area contributed by atoms with E-state index in [2.05, 4.69) is 206 Å². The third-order valence-electron chi connectivity index (χ3n) is 10.9. The van der Waals surface area contributed by atoms with E-state index in [9.17, 15) is 0 Å². The largest absolute Gasteiger partial charge is 0.0714 e. The van der Waals surface area contributed by atoms with Crippen molar-refractivity contribution < 1.29 is 0 Å². The van der Waals surface area contributed by atoms with Gasteiger partial charge in [0, 0.05) is 0 Å². The van der Waals surface area contributed by atoms with Crippen LogP contribution in [0.25, 0.3) is 66.1 Å². The molecule has 0 aliphatic heterocycles. The first-order valence-electron chi connectivity index (χ1n) is 17.8. The highest BCUT2D eigenvalue weighted by Gasteiger charge is 2.47. The van der Waals surface area contributed by atoms with E-state index < -0.39 is 5.41 Å². The zero-order valence-electron chi connectivity index (χ0n) is 28.1. The van der Waals surface area contributed by atoms with Gasteiger partial charge in [0.1, 0.15) is 0 Å². The SMILES string of the molecule is c1ccc(-c2cccc(-c3ccc4c(c3)C(c3ccccc3)(c3ccccc3)c3cc(-c5cccc6ccccc56)c5ccccc5c3-4)c2)cc1. The molecule has 51 heavy (non-hydrogen) atoms. The van der Waals surface area contributed by atoms with Crippen LogP contribution >= 0.6 is 0 Å². The van der Waals surface area contributed by atoms with Gasteiger partial charge in [-0.3, -0.25) is 0 Å². The maximum atomic E-state index is 2.52. The summed E-state index contributed by atoms with van der Waals surface area (Å²) in [5.41, 5.74) is 14.7. The quantitative estimate of drug-likeness (QED) is 0.175. The van der Waals surface area contributed by atoms with Crippen LogP contribution in [0.2, 0.25) is 0 Å². The molecule has 238 valence electrons. The minimum atomic E-state index is -0.538. The molecule has 1 aliphatic rings. The van der Waals surface area contributed by atoms with E-state index in [1.54, 1.807) is 0 Å². The maximum Gasteiger partial charge on any atom is 0.0714 e. The molecule has 10 rings (SSSR count). The Labute approximate surface area is 298 Å². The van der Waals surface area contributed by atoms with Crippen LogP contribution in [-0.2, 0) is 5.41 Å². The molecule has 0 spiro atoms. The first-order valence-corrected chi connectivity index (χ1v) is 17.8. The highest BCUT2D eigenvalue weighted by atomic mass is 14.5. The lowest BCUT2D eigenvalue weighted by Crippen LogP contribution is -2.28. The summed E-state index contributed by atoms with van der Waals surface area (Å²) in [5, 5.41) is 5.08. The van der Waals surface area contributed by atoms with Gasteiger partial charge in [-0.05, 0) is 107 Å². The number of hydrogen-bond donors (Lipinski definition) is 0. The third-order valence-corrected chi connectivity index (χ3v) is 10.9. The molecule has 0 nitrogen and oxygen atoms in total. The van der Waals surface area contributed by atoms with Crippen LogP contribution in [0.4, 0.5) is 0 Å². The number of fused-ring (bicyclic) bond motifs is 6. The van der Waals surface area contributed by atoms with Gasteiger partial charge in [0.15, 0.2) is 0 Å². The Morgan fingerprint density at radius 1 is 0.275 bits per heavy atom. The molecule has 0 unspecified atom stereocenters. The summed E-state index contributed by atoms with van der Waals surface area (Å²) in [4.78, 5) is 0. The van der Waals surface area contributed by atoms with Crippen molar-refractivity contribution in [3.63, 3.8) is 0 Å². The topological polar surface area (TPSA) is 0 Å². The van der Waals surface area contributed by atoms with Gasteiger partial charge < -0.3 is 0 Å². The van der Waals surface area contributed by atoms with Crippen LogP contribution in [0.5, 0.6) is 0 Å². The van der Waals surface area contributed by atoms with E-state index >= 15 is 0 Å². The standard InChI is InChI=1S/C51H34/c1-4-16-35(17-5-1)37-20-14-21-38(32-37)39-30-31-46-48(33-39)51(40-22-6-2-7-23-40,41-24-8-3-9-25-41)49-34-47(44-27-12-13-28-45(44)50(46)49)43-29-15-19-36-18-10-11-26-42(36)43/h1-34H. The lowest BCUT2D eigenvalue weighted by Gasteiger charge is -2.34. The fourth-order valence-electron chi connectivity index (χ4n) is 8.72. The Kier molecular flexibility index (Phi) is 6.82. The van der Waals surface area contributed by atoms with Gasteiger partial charge in [0.25, 0.3) is 0 Å². The monoisotopic (exact) mass is 646 g/mol. The summed E-state index contributed by atoms with van der Waals surface area (Å²) in [6.45, 7) is 0. The van der Waals surface area contributed by atoms with Crippen LogP contribution < -0.4 is 0 Å². The number of benzene rings is 9. The van der Waals surface area contributed by atoms with E-state index in [0.717, 1.165) is 0 Å². The molecule has 9 aromatic carbocycles. The second-order valence-electron chi connectivity index (χ2n) is 13.6. The Hall–Kier alpha value is -6.50. The Balaban J connectivity index is 1.32. The molecule has 9 aromatic rings. The number of hydrogen-bond acceptors (Lipinski definition) is 0. The first kappa shape index (κ1) is 29.4. The molecule has 0 N–H and O–H groups in total. The molecule has 0 heteroatoms. The van der Waals surface area contributed by atoms with Gasteiger partial charge in [0.2, 0.25) is 0 Å². The van der Waals surface area contributed by atoms with Gasteiger partial charge in [-0.2, -0.15) is 0 Å². The van der Waals surface area contributed by atoms with Crippen molar-refractivity contribution in [1.29, 1.82) is 0 Å². The van der Waals surface area contributed by atoms with Crippen LogP contribution in [0, 0.1) is 0 Å². The van der Waals surface area contributed by atoms with E-state index in [1.165, 1.54) is 88.3 Å². The number of rotatable bonds is 5. The van der Waals surface area contributed by atoms with Crippen molar-refractivity contribution in [2.24, 2.45) is 0 Å². The van der Waals surface area contributed by atoms with Crippen LogP contribution in [0.15, 0.2) is 206 Å². The summed E-state index contributed by atoms with van der Waals surface area (Å²) >= 11 is 0. The normalized spacial score (nSPS) is 12.9. The predicted molar refractivity (Wildman–Crippen MR) is 215 cm³/mol.